The molecule has 3 N–H and O–H groups in total. The number of aromatic amines is 1. The van der Waals surface area contributed by atoms with Crippen molar-refractivity contribution in [2.24, 2.45) is 0 Å². The molecule has 0 spiro atoms. The Hall–Kier alpha value is -2.92. The van der Waals surface area contributed by atoms with Crippen molar-refractivity contribution in [1.29, 1.82) is 0 Å². The van der Waals surface area contributed by atoms with Crippen molar-refractivity contribution in [1.82, 2.24) is 20.2 Å². The van der Waals surface area contributed by atoms with Crippen LogP contribution < -0.4 is 15.5 Å². The summed E-state index contributed by atoms with van der Waals surface area (Å²) < 4.78 is 29.8. The van der Waals surface area contributed by atoms with Crippen LogP contribution in [-0.4, -0.2) is 67.2 Å². The van der Waals surface area contributed by atoms with Gasteiger partial charge in [0.1, 0.15) is 11.2 Å². The standard InChI is InChI=1S/C20H25N7O3S/c1-31(28,29)19-16-17(21-13-3-4-13)23-20(24-18(16)25-26-19)22-14-5-7-15(8-6-14)27-9-2-11-30-12-10-27/h5-8,13H,2-4,9-12H2,1H3,(H3,21,22,23,24,25,26). The van der Waals surface area contributed by atoms with Gasteiger partial charge in [0.25, 0.3) is 0 Å². The number of fused-ring (bicyclic) bond motifs is 1. The van der Waals surface area contributed by atoms with Gasteiger partial charge in [0, 0.05) is 43.4 Å². The number of ether oxygens (including phenoxy) is 1. The zero-order chi connectivity index (χ0) is 21.4. The van der Waals surface area contributed by atoms with E-state index in [1.54, 1.807) is 0 Å². The molecular weight excluding hydrogens is 418 g/mol. The van der Waals surface area contributed by atoms with E-state index < -0.39 is 9.84 Å². The third-order valence-corrected chi connectivity index (χ3v) is 6.42. The van der Waals surface area contributed by atoms with E-state index in [-0.39, 0.29) is 5.03 Å². The molecule has 164 valence electrons. The normalized spacial score (nSPS) is 17.5. The molecule has 1 saturated heterocycles. The fourth-order valence-electron chi connectivity index (χ4n) is 3.64. The van der Waals surface area contributed by atoms with E-state index in [1.807, 2.05) is 12.1 Å². The summed E-state index contributed by atoms with van der Waals surface area (Å²) in [6.07, 6.45) is 4.22. The Labute approximate surface area is 180 Å². The van der Waals surface area contributed by atoms with Gasteiger partial charge >= 0.3 is 0 Å². The van der Waals surface area contributed by atoms with Gasteiger partial charge in [-0.1, -0.05) is 0 Å². The Morgan fingerprint density at radius 1 is 1.13 bits per heavy atom. The summed E-state index contributed by atoms with van der Waals surface area (Å²) in [7, 11) is -3.49. The molecule has 11 heteroatoms. The summed E-state index contributed by atoms with van der Waals surface area (Å²) >= 11 is 0. The van der Waals surface area contributed by atoms with E-state index >= 15 is 0 Å². The number of hydrogen-bond donors (Lipinski definition) is 3. The summed E-state index contributed by atoms with van der Waals surface area (Å²) in [5.41, 5.74) is 2.29. The van der Waals surface area contributed by atoms with Gasteiger partial charge in [0.05, 0.1) is 6.61 Å². The first-order valence-electron chi connectivity index (χ1n) is 10.4. The molecule has 0 radical (unpaired) electrons. The molecule has 3 aromatic rings. The van der Waals surface area contributed by atoms with Gasteiger partial charge in [0.2, 0.25) is 5.95 Å². The molecule has 31 heavy (non-hydrogen) atoms. The maximum Gasteiger partial charge on any atom is 0.231 e. The Kier molecular flexibility index (Phi) is 5.14. The number of rotatable bonds is 6. The summed E-state index contributed by atoms with van der Waals surface area (Å²) in [5, 5.41) is 13.7. The molecule has 0 unspecified atom stereocenters. The predicted molar refractivity (Wildman–Crippen MR) is 119 cm³/mol. The Morgan fingerprint density at radius 3 is 2.68 bits per heavy atom. The monoisotopic (exact) mass is 443 g/mol. The first kappa shape index (κ1) is 20.0. The van der Waals surface area contributed by atoms with Crippen molar-refractivity contribution < 1.29 is 13.2 Å². The maximum atomic E-state index is 12.1. The minimum Gasteiger partial charge on any atom is -0.380 e. The number of nitrogens with zero attached hydrogens (tertiary/aromatic N) is 4. The van der Waals surface area contributed by atoms with Gasteiger partial charge in [-0.15, -0.1) is 0 Å². The number of nitrogens with one attached hydrogen (secondary N) is 3. The Bertz CT molecular complexity index is 1180. The molecule has 1 aromatic carbocycles. The lowest BCUT2D eigenvalue weighted by Crippen LogP contribution is -2.25. The molecule has 10 nitrogen and oxygen atoms in total. The fraction of sp³-hybridized carbons (Fsp3) is 0.450. The van der Waals surface area contributed by atoms with Crippen LogP contribution in [0.25, 0.3) is 11.0 Å². The van der Waals surface area contributed by atoms with Crippen molar-refractivity contribution in [2.75, 3.05) is 48.1 Å². The lowest BCUT2D eigenvalue weighted by Gasteiger charge is -2.22. The molecule has 5 rings (SSSR count). The summed E-state index contributed by atoms with van der Waals surface area (Å²) in [6.45, 7) is 3.40. The number of anilines is 4. The lowest BCUT2D eigenvalue weighted by molar-refractivity contribution is 0.152. The molecule has 1 saturated carbocycles. The third kappa shape index (κ3) is 4.42. The number of aromatic nitrogens is 4. The van der Waals surface area contributed by atoms with Gasteiger partial charge in [-0.2, -0.15) is 15.1 Å². The molecule has 3 heterocycles. The van der Waals surface area contributed by atoms with Crippen LogP contribution in [0.1, 0.15) is 19.3 Å². The van der Waals surface area contributed by atoms with E-state index in [4.69, 9.17) is 4.74 Å². The van der Waals surface area contributed by atoms with Crippen molar-refractivity contribution in [2.45, 2.75) is 30.3 Å². The van der Waals surface area contributed by atoms with Crippen LogP contribution in [0.3, 0.4) is 0 Å². The molecule has 2 aromatic heterocycles. The summed E-state index contributed by atoms with van der Waals surface area (Å²) in [5.74, 6) is 0.837. The molecule has 0 bridgehead atoms. The smallest absolute Gasteiger partial charge is 0.231 e. The highest BCUT2D eigenvalue weighted by molar-refractivity contribution is 7.90. The van der Waals surface area contributed by atoms with Crippen molar-refractivity contribution in [3.05, 3.63) is 24.3 Å². The van der Waals surface area contributed by atoms with Crippen LogP contribution in [0.4, 0.5) is 23.1 Å². The van der Waals surface area contributed by atoms with Crippen LogP contribution in [0.5, 0.6) is 0 Å². The zero-order valence-electron chi connectivity index (χ0n) is 17.3. The molecule has 0 atom stereocenters. The molecule has 2 aliphatic rings. The number of hydrogen-bond acceptors (Lipinski definition) is 9. The quantitative estimate of drug-likeness (QED) is 0.526. The second-order valence-corrected chi connectivity index (χ2v) is 9.92. The highest BCUT2D eigenvalue weighted by Gasteiger charge is 2.27. The molecule has 0 amide bonds. The van der Waals surface area contributed by atoms with Crippen LogP contribution in [0.2, 0.25) is 0 Å². The molecular formula is C20H25N7O3S. The average Bonchev–Trinajstić information content (AvgIpc) is 3.49. The number of H-pyrrole nitrogens is 1. The van der Waals surface area contributed by atoms with Crippen LogP contribution in [0, 0.1) is 0 Å². The third-order valence-electron chi connectivity index (χ3n) is 5.38. The van der Waals surface area contributed by atoms with Crippen molar-refractivity contribution >= 4 is 44.0 Å². The van der Waals surface area contributed by atoms with Gasteiger partial charge in [-0.25, -0.2) is 8.42 Å². The van der Waals surface area contributed by atoms with E-state index in [1.165, 1.54) is 0 Å². The lowest BCUT2D eigenvalue weighted by atomic mass is 10.2. The van der Waals surface area contributed by atoms with E-state index in [2.05, 4.69) is 47.8 Å². The van der Waals surface area contributed by atoms with Crippen molar-refractivity contribution in [3.63, 3.8) is 0 Å². The van der Waals surface area contributed by atoms with Crippen LogP contribution >= 0.6 is 0 Å². The second-order valence-electron chi connectivity index (χ2n) is 7.96. The largest absolute Gasteiger partial charge is 0.380 e. The zero-order valence-corrected chi connectivity index (χ0v) is 18.1. The van der Waals surface area contributed by atoms with Crippen LogP contribution in [0.15, 0.2) is 29.3 Å². The first-order valence-corrected chi connectivity index (χ1v) is 12.3. The molecule has 1 aliphatic heterocycles. The Balaban J connectivity index is 1.42. The van der Waals surface area contributed by atoms with E-state index in [0.29, 0.717) is 28.8 Å². The number of benzene rings is 1. The van der Waals surface area contributed by atoms with E-state index in [0.717, 1.165) is 63.2 Å². The van der Waals surface area contributed by atoms with Gasteiger partial charge < -0.3 is 20.3 Å². The second kappa shape index (κ2) is 7.97. The Morgan fingerprint density at radius 2 is 1.94 bits per heavy atom. The minimum absolute atomic E-state index is 0.0305. The van der Waals surface area contributed by atoms with Crippen LogP contribution in [-0.2, 0) is 14.6 Å². The topological polar surface area (TPSA) is 125 Å². The minimum atomic E-state index is -3.49. The first-order chi connectivity index (χ1) is 15.0. The van der Waals surface area contributed by atoms with E-state index in [9.17, 15) is 8.42 Å². The van der Waals surface area contributed by atoms with Gasteiger partial charge in [0.15, 0.2) is 20.5 Å². The van der Waals surface area contributed by atoms with Crippen molar-refractivity contribution in [3.8, 4) is 0 Å². The predicted octanol–water partition coefficient (Wildman–Crippen LogP) is 2.30. The summed E-state index contributed by atoms with van der Waals surface area (Å²) in [6, 6.07) is 8.38. The summed E-state index contributed by atoms with van der Waals surface area (Å²) in [4.78, 5) is 11.3. The highest BCUT2D eigenvalue weighted by Crippen LogP contribution is 2.32. The molecule has 1 aliphatic carbocycles. The highest BCUT2D eigenvalue weighted by atomic mass is 32.2. The molecule has 2 fully saturated rings. The maximum absolute atomic E-state index is 12.1. The fourth-order valence-corrected chi connectivity index (χ4v) is 4.41. The average molecular weight is 444 g/mol. The SMILES string of the molecule is CS(=O)(=O)c1[nH]nc2nc(Nc3ccc(N4CCCOCC4)cc3)nc(NC3CC3)c12. The van der Waals surface area contributed by atoms with Gasteiger partial charge in [-0.3, -0.25) is 5.10 Å². The van der Waals surface area contributed by atoms with Gasteiger partial charge in [-0.05, 0) is 43.5 Å². The number of sulfone groups is 1.